The van der Waals surface area contributed by atoms with Gasteiger partial charge in [0.15, 0.2) is 0 Å². The fraction of sp³-hybridized carbons (Fsp3) is 0.444. The van der Waals surface area contributed by atoms with E-state index in [2.05, 4.69) is 29.6 Å². The van der Waals surface area contributed by atoms with Crippen molar-refractivity contribution in [3.05, 3.63) is 59.7 Å². The van der Waals surface area contributed by atoms with Gasteiger partial charge in [-0.1, -0.05) is 62.4 Å². The summed E-state index contributed by atoms with van der Waals surface area (Å²) in [6, 6.07) is 15.9. The van der Waals surface area contributed by atoms with Gasteiger partial charge in [0, 0.05) is 31.5 Å². The van der Waals surface area contributed by atoms with Gasteiger partial charge in [-0.25, -0.2) is 4.79 Å². The lowest BCUT2D eigenvalue weighted by Gasteiger charge is -2.35. The van der Waals surface area contributed by atoms with Crippen LogP contribution in [-0.2, 0) is 14.3 Å². The van der Waals surface area contributed by atoms with E-state index < -0.39 is 18.0 Å². The van der Waals surface area contributed by atoms with E-state index in [1.54, 1.807) is 4.90 Å². The number of aliphatic carboxylic acids is 1. The summed E-state index contributed by atoms with van der Waals surface area (Å²) in [5.41, 5.74) is 4.62. The minimum Gasteiger partial charge on any atom is -0.481 e. The molecule has 1 aliphatic carbocycles. The summed E-state index contributed by atoms with van der Waals surface area (Å²) in [7, 11) is 0. The lowest BCUT2D eigenvalue weighted by Crippen LogP contribution is -2.48. The molecule has 0 aromatic heterocycles. The second kappa shape index (κ2) is 10.3. The standard InChI is InChI=1S/C27H32N2O5/c1-3-18(14-25(30)29-13-12-17(2)23(15-29)26(31)32)28-27(33)34-16-24-21-10-6-4-8-19(21)20-9-5-7-11-22(20)24/h4-11,17-18,23-24H,3,12-16H2,1-2H3,(H,28,33)(H,31,32)/t17?,18-,23?/m1/s1. The number of rotatable bonds is 7. The highest BCUT2D eigenvalue weighted by atomic mass is 16.5. The SMILES string of the molecule is CC[C@H](CC(=O)N1CCC(C)C(C(=O)O)C1)NC(=O)OCC1c2ccccc2-c2ccccc21. The van der Waals surface area contributed by atoms with Crippen molar-refractivity contribution in [2.24, 2.45) is 11.8 Å². The Balaban J connectivity index is 1.33. The second-order valence-electron chi connectivity index (χ2n) is 9.33. The van der Waals surface area contributed by atoms with Gasteiger partial charge >= 0.3 is 12.1 Å². The Kier molecular flexibility index (Phi) is 7.20. The first-order chi connectivity index (χ1) is 16.4. The number of carboxylic acids is 1. The molecule has 7 nitrogen and oxygen atoms in total. The van der Waals surface area contributed by atoms with Gasteiger partial charge in [0.25, 0.3) is 0 Å². The van der Waals surface area contributed by atoms with Crippen LogP contribution in [0.4, 0.5) is 4.79 Å². The molecule has 2 amide bonds. The van der Waals surface area contributed by atoms with E-state index in [4.69, 9.17) is 4.74 Å². The van der Waals surface area contributed by atoms with Crippen molar-refractivity contribution >= 4 is 18.0 Å². The van der Waals surface area contributed by atoms with Gasteiger partial charge < -0.3 is 20.1 Å². The monoisotopic (exact) mass is 464 g/mol. The lowest BCUT2D eigenvalue weighted by atomic mass is 9.87. The summed E-state index contributed by atoms with van der Waals surface area (Å²) in [6.45, 7) is 4.80. The molecule has 2 N–H and O–H groups in total. The molecule has 0 radical (unpaired) electrons. The van der Waals surface area contributed by atoms with E-state index in [9.17, 15) is 19.5 Å². The zero-order valence-electron chi connectivity index (χ0n) is 19.7. The van der Waals surface area contributed by atoms with Crippen molar-refractivity contribution in [2.75, 3.05) is 19.7 Å². The maximum atomic E-state index is 12.8. The Labute approximate surface area is 200 Å². The predicted octanol–water partition coefficient (Wildman–Crippen LogP) is 4.26. The summed E-state index contributed by atoms with van der Waals surface area (Å²) in [4.78, 5) is 38.5. The Hall–Kier alpha value is -3.35. The summed E-state index contributed by atoms with van der Waals surface area (Å²) in [5, 5.41) is 12.2. The van der Waals surface area contributed by atoms with Gasteiger partial charge in [-0.05, 0) is 41.0 Å². The average Bonchev–Trinajstić information content (AvgIpc) is 3.16. The van der Waals surface area contributed by atoms with E-state index in [0.29, 0.717) is 19.4 Å². The van der Waals surface area contributed by atoms with Crippen LogP contribution in [0.2, 0.25) is 0 Å². The number of likely N-dealkylation sites (tertiary alicyclic amines) is 1. The number of benzene rings is 2. The highest BCUT2D eigenvalue weighted by Gasteiger charge is 2.34. The molecule has 4 rings (SSSR count). The number of piperidine rings is 1. The molecule has 1 heterocycles. The van der Waals surface area contributed by atoms with Gasteiger partial charge in [-0.3, -0.25) is 9.59 Å². The van der Waals surface area contributed by atoms with Crippen molar-refractivity contribution in [1.82, 2.24) is 10.2 Å². The van der Waals surface area contributed by atoms with Gasteiger partial charge in [0.2, 0.25) is 5.91 Å². The summed E-state index contributed by atoms with van der Waals surface area (Å²) in [6.07, 6.45) is 0.820. The molecule has 34 heavy (non-hydrogen) atoms. The predicted molar refractivity (Wildman–Crippen MR) is 128 cm³/mol. The first-order valence-electron chi connectivity index (χ1n) is 12.0. The van der Waals surface area contributed by atoms with Crippen molar-refractivity contribution in [3.8, 4) is 11.1 Å². The van der Waals surface area contributed by atoms with Gasteiger partial charge in [0.1, 0.15) is 6.61 Å². The van der Waals surface area contributed by atoms with Crippen molar-refractivity contribution in [3.63, 3.8) is 0 Å². The number of hydrogen-bond acceptors (Lipinski definition) is 4. The van der Waals surface area contributed by atoms with E-state index in [-0.39, 0.29) is 43.4 Å². The number of ether oxygens (including phenoxy) is 1. The molecule has 1 aliphatic heterocycles. The highest BCUT2D eigenvalue weighted by molar-refractivity contribution is 5.80. The van der Waals surface area contributed by atoms with Crippen molar-refractivity contribution in [1.29, 1.82) is 0 Å². The highest BCUT2D eigenvalue weighted by Crippen LogP contribution is 2.44. The van der Waals surface area contributed by atoms with Crippen LogP contribution >= 0.6 is 0 Å². The molecule has 1 fully saturated rings. The summed E-state index contributed by atoms with van der Waals surface area (Å²) >= 11 is 0. The number of carboxylic acid groups (broad SMARTS) is 1. The summed E-state index contributed by atoms with van der Waals surface area (Å²) in [5.74, 6) is -1.53. The molecule has 0 spiro atoms. The molecule has 7 heteroatoms. The fourth-order valence-electron chi connectivity index (χ4n) is 5.06. The van der Waals surface area contributed by atoms with Crippen LogP contribution in [0.25, 0.3) is 11.1 Å². The third-order valence-corrected chi connectivity index (χ3v) is 7.21. The minimum atomic E-state index is -0.867. The first kappa shape index (κ1) is 23.8. The lowest BCUT2D eigenvalue weighted by molar-refractivity contribution is -0.148. The Morgan fingerprint density at radius 2 is 1.71 bits per heavy atom. The van der Waals surface area contributed by atoms with Crippen LogP contribution in [0.15, 0.2) is 48.5 Å². The van der Waals surface area contributed by atoms with Crippen LogP contribution < -0.4 is 5.32 Å². The molecule has 2 aliphatic rings. The quantitative estimate of drug-likeness (QED) is 0.638. The first-order valence-corrected chi connectivity index (χ1v) is 12.0. The van der Waals surface area contributed by atoms with E-state index >= 15 is 0 Å². The van der Waals surface area contributed by atoms with Crippen molar-refractivity contribution < 1.29 is 24.2 Å². The number of amides is 2. The van der Waals surface area contributed by atoms with Gasteiger partial charge in [-0.15, -0.1) is 0 Å². The molecular formula is C27H32N2O5. The maximum Gasteiger partial charge on any atom is 0.407 e. The molecule has 1 saturated heterocycles. The number of carbonyl (C=O) groups is 3. The molecule has 0 bridgehead atoms. The molecule has 2 aromatic rings. The average molecular weight is 465 g/mol. The third kappa shape index (κ3) is 4.93. The number of nitrogens with zero attached hydrogens (tertiary/aromatic N) is 1. The second-order valence-corrected chi connectivity index (χ2v) is 9.33. The van der Waals surface area contributed by atoms with Crippen LogP contribution in [0.3, 0.4) is 0 Å². The number of hydrogen-bond donors (Lipinski definition) is 2. The van der Waals surface area contributed by atoms with Crippen LogP contribution in [0.1, 0.15) is 50.2 Å². The van der Waals surface area contributed by atoms with Crippen LogP contribution in [0.5, 0.6) is 0 Å². The Bertz CT molecular complexity index is 1020. The number of fused-ring (bicyclic) bond motifs is 3. The molecule has 3 atom stereocenters. The van der Waals surface area contributed by atoms with Crippen molar-refractivity contribution in [2.45, 2.75) is 45.1 Å². The number of alkyl carbamates (subject to hydrolysis) is 1. The Morgan fingerprint density at radius 1 is 1.09 bits per heavy atom. The van der Waals surface area contributed by atoms with E-state index in [0.717, 1.165) is 11.1 Å². The number of carbonyl (C=O) groups excluding carboxylic acids is 2. The van der Waals surface area contributed by atoms with Gasteiger partial charge in [-0.2, -0.15) is 0 Å². The zero-order valence-corrected chi connectivity index (χ0v) is 19.7. The molecule has 2 aromatic carbocycles. The van der Waals surface area contributed by atoms with Crippen LogP contribution in [-0.4, -0.2) is 53.7 Å². The molecule has 2 unspecified atom stereocenters. The third-order valence-electron chi connectivity index (χ3n) is 7.21. The molecule has 0 saturated carbocycles. The zero-order chi connectivity index (χ0) is 24.2. The topological polar surface area (TPSA) is 95.9 Å². The summed E-state index contributed by atoms with van der Waals surface area (Å²) < 4.78 is 5.61. The molecular weight excluding hydrogens is 432 g/mol. The Morgan fingerprint density at radius 3 is 2.29 bits per heavy atom. The largest absolute Gasteiger partial charge is 0.481 e. The van der Waals surface area contributed by atoms with E-state index in [1.165, 1.54) is 11.1 Å². The molecule has 180 valence electrons. The number of nitrogens with one attached hydrogen (secondary N) is 1. The normalized spacial score (nSPS) is 20.2. The van der Waals surface area contributed by atoms with Crippen LogP contribution in [0, 0.1) is 11.8 Å². The van der Waals surface area contributed by atoms with E-state index in [1.807, 2.05) is 38.1 Å². The smallest absolute Gasteiger partial charge is 0.407 e. The fourth-order valence-corrected chi connectivity index (χ4v) is 5.06. The van der Waals surface area contributed by atoms with Gasteiger partial charge in [0.05, 0.1) is 5.92 Å². The minimum absolute atomic E-state index is 0.0249. The maximum absolute atomic E-state index is 12.8.